The predicted octanol–water partition coefficient (Wildman–Crippen LogP) is 4.71. The Morgan fingerprint density at radius 3 is 2.73 bits per heavy atom. The molecule has 4 heteroatoms. The van der Waals surface area contributed by atoms with Gasteiger partial charge in [-0.25, -0.2) is 4.39 Å². The van der Waals surface area contributed by atoms with Gasteiger partial charge in [0.15, 0.2) is 0 Å². The third kappa shape index (κ3) is 5.11. The lowest BCUT2D eigenvalue weighted by atomic mass is 10.1. The SMILES string of the molecule is CCCOc1ccc(Br)cc1CNCCc1ccccc1F. The van der Waals surface area contributed by atoms with Gasteiger partial charge in [-0.3, -0.25) is 0 Å². The van der Waals surface area contributed by atoms with E-state index in [9.17, 15) is 4.39 Å². The normalized spacial score (nSPS) is 10.7. The van der Waals surface area contributed by atoms with Gasteiger partial charge in [-0.05, 0) is 49.2 Å². The molecule has 0 heterocycles. The molecule has 2 rings (SSSR count). The van der Waals surface area contributed by atoms with Gasteiger partial charge in [-0.2, -0.15) is 0 Å². The van der Waals surface area contributed by atoms with E-state index >= 15 is 0 Å². The van der Waals surface area contributed by atoms with Crippen LogP contribution in [0.1, 0.15) is 24.5 Å². The molecule has 0 aromatic heterocycles. The van der Waals surface area contributed by atoms with E-state index in [0.717, 1.165) is 34.3 Å². The fraction of sp³-hybridized carbons (Fsp3) is 0.333. The molecule has 0 bridgehead atoms. The van der Waals surface area contributed by atoms with E-state index < -0.39 is 0 Å². The summed E-state index contributed by atoms with van der Waals surface area (Å²) in [7, 11) is 0. The summed E-state index contributed by atoms with van der Waals surface area (Å²) in [5, 5.41) is 3.35. The summed E-state index contributed by atoms with van der Waals surface area (Å²) in [5.41, 5.74) is 1.85. The maximum absolute atomic E-state index is 13.5. The van der Waals surface area contributed by atoms with Gasteiger partial charge in [0.25, 0.3) is 0 Å². The molecule has 0 fully saturated rings. The number of halogens is 2. The van der Waals surface area contributed by atoms with Crippen LogP contribution in [0.15, 0.2) is 46.9 Å². The van der Waals surface area contributed by atoms with Crippen molar-refractivity contribution in [2.24, 2.45) is 0 Å². The quantitative estimate of drug-likeness (QED) is 0.684. The zero-order chi connectivity index (χ0) is 15.8. The van der Waals surface area contributed by atoms with Crippen molar-refractivity contribution in [3.05, 3.63) is 63.9 Å². The van der Waals surface area contributed by atoms with Crippen LogP contribution in [0, 0.1) is 5.82 Å². The van der Waals surface area contributed by atoms with Gasteiger partial charge < -0.3 is 10.1 Å². The summed E-state index contributed by atoms with van der Waals surface area (Å²) >= 11 is 3.49. The van der Waals surface area contributed by atoms with Crippen LogP contribution in [0.2, 0.25) is 0 Å². The molecule has 22 heavy (non-hydrogen) atoms. The lowest BCUT2D eigenvalue weighted by Crippen LogP contribution is -2.18. The van der Waals surface area contributed by atoms with Crippen molar-refractivity contribution in [3.8, 4) is 5.75 Å². The Hall–Kier alpha value is -1.39. The first kappa shape index (κ1) is 17.0. The van der Waals surface area contributed by atoms with Crippen LogP contribution in [0.25, 0.3) is 0 Å². The summed E-state index contributed by atoms with van der Waals surface area (Å²) in [6.45, 7) is 4.22. The number of hydrogen-bond acceptors (Lipinski definition) is 2. The molecule has 2 aromatic carbocycles. The number of ether oxygens (including phenoxy) is 1. The van der Waals surface area contributed by atoms with Crippen LogP contribution in [0.5, 0.6) is 5.75 Å². The number of rotatable bonds is 8. The van der Waals surface area contributed by atoms with Crippen molar-refractivity contribution < 1.29 is 9.13 Å². The number of hydrogen-bond donors (Lipinski definition) is 1. The van der Waals surface area contributed by atoms with Crippen LogP contribution in [0.4, 0.5) is 4.39 Å². The fourth-order valence-electron chi connectivity index (χ4n) is 2.19. The van der Waals surface area contributed by atoms with E-state index in [0.29, 0.717) is 19.6 Å². The Bertz CT molecular complexity index is 603. The molecule has 0 aliphatic carbocycles. The Labute approximate surface area is 139 Å². The minimum Gasteiger partial charge on any atom is -0.493 e. The minimum absolute atomic E-state index is 0.140. The van der Waals surface area contributed by atoms with Crippen molar-refractivity contribution in [2.75, 3.05) is 13.2 Å². The summed E-state index contributed by atoms with van der Waals surface area (Å²) in [6, 6.07) is 12.9. The maximum Gasteiger partial charge on any atom is 0.126 e. The molecule has 0 spiro atoms. The first-order chi connectivity index (χ1) is 10.7. The Morgan fingerprint density at radius 1 is 1.14 bits per heavy atom. The van der Waals surface area contributed by atoms with Gasteiger partial charge >= 0.3 is 0 Å². The molecule has 0 aliphatic rings. The molecule has 2 nitrogen and oxygen atoms in total. The van der Waals surface area contributed by atoms with Gasteiger partial charge in [0.2, 0.25) is 0 Å². The topological polar surface area (TPSA) is 21.3 Å². The average molecular weight is 366 g/mol. The third-order valence-corrected chi connectivity index (χ3v) is 3.82. The smallest absolute Gasteiger partial charge is 0.126 e. The first-order valence-corrected chi connectivity index (χ1v) is 8.35. The molecular formula is C18H21BrFNO. The Balaban J connectivity index is 1.88. The monoisotopic (exact) mass is 365 g/mol. The number of nitrogens with one attached hydrogen (secondary N) is 1. The molecule has 0 saturated heterocycles. The second-order valence-corrected chi connectivity index (χ2v) is 6.03. The van der Waals surface area contributed by atoms with Crippen LogP contribution in [-0.2, 0) is 13.0 Å². The van der Waals surface area contributed by atoms with Gasteiger partial charge in [0, 0.05) is 16.6 Å². The van der Waals surface area contributed by atoms with Gasteiger partial charge in [0.05, 0.1) is 6.61 Å². The first-order valence-electron chi connectivity index (χ1n) is 7.56. The lowest BCUT2D eigenvalue weighted by molar-refractivity contribution is 0.313. The molecule has 0 atom stereocenters. The standard InChI is InChI=1S/C18H21BrFNO/c1-2-11-22-18-8-7-16(19)12-15(18)13-21-10-9-14-5-3-4-6-17(14)20/h3-8,12,21H,2,9-11,13H2,1H3. The average Bonchev–Trinajstić information content (AvgIpc) is 2.52. The fourth-order valence-corrected chi connectivity index (χ4v) is 2.59. The second-order valence-electron chi connectivity index (χ2n) is 5.12. The van der Waals surface area contributed by atoms with E-state index in [1.54, 1.807) is 6.07 Å². The highest BCUT2D eigenvalue weighted by Crippen LogP contribution is 2.23. The van der Waals surface area contributed by atoms with Gasteiger partial charge in [-0.1, -0.05) is 41.1 Å². The van der Waals surface area contributed by atoms with E-state index in [4.69, 9.17) is 4.74 Å². The molecule has 0 unspecified atom stereocenters. The zero-order valence-corrected chi connectivity index (χ0v) is 14.3. The Kier molecular flexibility index (Phi) is 6.87. The lowest BCUT2D eigenvalue weighted by Gasteiger charge is -2.12. The molecule has 2 aromatic rings. The van der Waals surface area contributed by atoms with Crippen molar-refractivity contribution in [1.29, 1.82) is 0 Å². The minimum atomic E-state index is -0.140. The van der Waals surface area contributed by atoms with Crippen LogP contribution < -0.4 is 10.1 Å². The molecule has 118 valence electrons. The summed E-state index contributed by atoms with van der Waals surface area (Å²) < 4.78 is 20.3. The summed E-state index contributed by atoms with van der Waals surface area (Å²) in [4.78, 5) is 0. The summed E-state index contributed by atoms with van der Waals surface area (Å²) in [5.74, 6) is 0.766. The highest BCUT2D eigenvalue weighted by Gasteiger charge is 2.05. The van der Waals surface area contributed by atoms with Gasteiger partial charge in [0.1, 0.15) is 11.6 Å². The second kappa shape index (κ2) is 8.91. The van der Waals surface area contributed by atoms with Crippen molar-refractivity contribution in [3.63, 3.8) is 0 Å². The van der Waals surface area contributed by atoms with Crippen molar-refractivity contribution in [2.45, 2.75) is 26.3 Å². The summed E-state index contributed by atoms with van der Waals surface area (Å²) in [6.07, 6.45) is 1.65. The van der Waals surface area contributed by atoms with E-state index in [1.165, 1.54) is 6.07 Å². The molecule has 0 radical (unpaired) electrons. The highest BCUT2D eigenvalue weighted by molar-refractivity contribution is 9.10. The molecule has 0 amide bonds. The molecular weight excluding hydrogens is 345 g/mol. The third-order valence-electron chi connectivity index (χ3n) is 3.33. The van der Waals surface area contributed by atoms with E-state index in [-0.39, 0.29) is 5.82 Å². The molecule has 0 saturated carbocycles. The molecule has 0 aliphatic heterocycles. The van der Waals surface area contributed by atoms with Gasteiger partial charge in [-0.15, -0.1) is 0 Å². The highest BCUT2D eigenvalue weighted by atomic mass is 79.9. The molecule has 1 N–H and O–H groups in total. The van der Waals surface area contributed by atoms with Crippen molar-refractivity contribution in [1.82, 2.24) is 5.32 Å². The van der Waals surface area contributed by atoms with Crippen LogP contribution >= 0.6 is 15.9 Å². The van der Waals surface area contributed by atoms with Crippen LogP contribution in [0.3, 0.4) is 0 Å². The zero-order valence-electron chi connectivity index (χ0n) is 12.7. The van der Waals surface area contributed by atoms with E-state index in [2.05, 4.69) is 34.2 Å². The largest absolute Gasteiger partial charge is 0.493 e. The number of benzene rings is 2. The van der Waals surface area contributed by atoms with E-state index in [1.807, 2.05) is 24.3 Å². The van der Waals surface area contributed by atoms with Crippen molar-refractivity contribution >= 4 is 15.9 Å². The predicted molar refractivity (Wildman–Crippen MR) is 91.7 cm³/mol. The Morgan fingerprint density at radius 2 is 1.95 bits per heavy atom. The maximum atomic E-state index is 13.5. The van der Waals surface area contributed by atoms with Crippen LogP contribution in [-0.4, -0.2) is 13.2 Å².